The molecule has 0 aliphatic carbocycles. The number of sulfonamides is 4. The van der Waals surface area contributed by atoms with Crippen molar-refractivity contribution in [2.45, 2.75) is 106 Å². The molecule has 0 fully saturated rings. The minimum absolute atomic E-state index is 0.0446. The first-order chi connectivity index (χ1) is 29.8. The number of rotatable bonds is 32. The van der Waals surface area contributed by atoms with E-state index in [0.717, 1.165) is 23.5 Å². The molecule has 65 heavy (non-hydrogen) atoms. The maximum Gasteiger partial charge on any atom is 0.235 e. The van der Waals surface area contributed by atoms with E-state index in [0.29, 0.717) is 12.0 Å². The quantitative estimate of drug-likeness (QED) is 0.0778. The van der Waals surface area contributed by atoms with Gasteiger partial charge in [0.1, 0.15) is 0 Å². The van der Waals surface area contributed by atoms with Crippen LogP contribution in [0.1, 0.15) is 87.6 Å². The lowest BCUT2D eigenvalue weighted by Crippen LogP contribution is -2.54. The van der Waals surface area contributed by atoms with Crippen LogP contribution in [0.25, 0.3) is 0 Å². The molecule has 1 unspecified atom stereocenters. The summed E-state index contributed by atoms with van der Waals surface area (Å²) in [5.74, 6) is -5.00. The number of primary amides is 1. The third kappa shape index (κ3) is 22.9. The van der Waals surface area contributed by atoms with Gasteiger partial charge in [0, 0.05) is 44.3 Å². The highest BCUT2D eigenvalue weighted by atomic mass is 32.2. The van der Waals surface area contributed by atoms with Crippen LogP contribution in [0.2, 0.25) is 0 Å². The molecule has 0 aliphatic heterocycles. The third-order valence-electron chi connectivity index (χ3n) is 10.1. The number of amides is 4. The zero-order chi connectivity index (χ0) is 50.1. The van der Waals surface area contributed by atoms with Crippen molar-refractivity contribution >= 4 is 63.7 Å². The van der Waals surface area contributed by atoms with Gasteiger partial charge >= 0.3 is 0 Å². The fraction of sp³-hybridized carbons (Fsp3) is 0.756. The minimum atomic E-state index is -4.15. The number of likely N-dealkylation sites (N-methyl/N-ethyl adjacent to an activating group) is 1. The summed E-state index contributed by atoms with van der Waals surface area (Å²) >= 11 is 0. The molecule has 24 heteroatoms. The van der Waals surface area contributed by atoms with Gasteiger partial charge in [-0.15, -0.1) is 0 Å². The molecule has 0 aromatic heterocycles. The van der Waals surface area contributed by atoms with Gasteiger partial charge in [-0.25, -0.2) is 33.7 Å². The fourth-order valence-corrected chi connectivity index (χ4v) is 12.8. The van der Waals surface area contributed by atoms with Crippen LogP contribution < -0.4 is 21.7 Å². The average Bonchev–Trinajstić information content (AvgIpc) is 3.13. The number of benzene rings is 1. The summed E-state index contributed by atoms with van der Waals surface area (Å²) in [6.45, 7) is 13.6. The summed E-state index contributed by atoms with van der Waals surface area (Å²) in [5, 5.41) is 8.13. The van der Waals surface area contributed by atoms with Crippen LogP contribution in [0.5, 0.6) is 0 Å². The molecule has 0 heterocycles. The van der Waals surface area contributed by atoms with Crippen LogP contribution in [-0.4, -0.2) is 163 Å². The zero-order valence-electron chi connectivity index (χ0n) is 40.0. The second-order valence-corrected chi connectivity index (χ2v) is 26.0. The topological polar surface area (TPSA) is 280 Å². The second kappa shape index (κ2) is 26.9. The highest BCUT2D eigenvalue weighted by molar-refractivity contribution is 7.89. The molecular weight excluding hydrogens is 925 g/mol. The summed E-state index contributed by atoms with van der Waals surface area (Å²) in [7, 11) is -16.1. The first kappa shape index (κ1) is 59.8. The molecule has 4 atom stereocenters. The number of nitrogens with two attached hydrogens (primary N) is 1. The molecule has 1 rings (SSSR count). The average molecular weight is 1000 g/mol. The summed E-state index contributed by atoms with van der Waals surface area (Å²) in [6, 6.07) is 5.65. The highest BCUT2D eigenvalue weighted by Crippen LogP contribution is 2.17. The maximum atomic E-state index is 13.7. The van der Waals surface area contributed by atoms with Crippen molar-refractivity contribution < 1.29 is 52.8 Å². The normalized spacial score (nSPS) is 14.9. The third-order valence-corrected chi connectivity index (χ3v) is 17.5. The molecule has 4 amide bonds. The second-order valence-electron chi connectivity index (χ2n) is 18.0. The van der Waals surface area contributed by atoms with Gasteiger partial charge in [0.25, 0.3) is 0 Å². The number of hydrogen-bond donors (Lipinski definition) is 4. The monoisotopic (exact) mass is 1000 g/mol. The Morgan fingerprint density at radius 1 is 0.585 bits per heavy atom. The van der Waals surface area contributed by atoms with Crippen molar-refractivity contribution in [2.75, 3.05) is 70.1 Å². The molecule has 0 saturated heterocycles. The first-order valence-electron chi connectivity index (χ1n) is 21.9. The predicted octanol–water partition coefficient (Wildman–Crippen LogP) is 0.727. The maximum absolute atomic E-state index is 13.7. The van der Waals surface area contributed by atoms with E-state index in [1.807, 2.05) is 20.8 Å². The Labute approximate surface area is 389 Å². The standard InChI is InChI=1S/C41H76N8O12S4/c1-12-33(9)37(45-41(53)24-46(13-2)63(56,57)27-31(5)6)22-47(62(11,54)55)25-39(51)43-34(10)20-48(64(58,59)28-32(7)8)26-40(52)44-36(19-30(3)4)21-49(23-38(42)50)65(60,61)29-35-17-15-14-16-18-35/h14-18,30-34,36-37H,12-13,19-29H2,1-11H3,(H2,42,50)(H,43,51)(H,44,52)(H,45,53)/t33?,34-,36-,37+/m0/s1. The Morgan fingerprint density at radius 2 is 1.06 bits per heavy atom. The Morgan fingerprint density at radius 3 is 1.54 bits per heavy atom. The van der Waals surface area contributed by atoms with E-state index in [-0.39, 0.29) is 61.2 Å². The molecule has 1 aromatic carbocycles. The van der Waals surface area contributed by atoms with E-state index in [1.54, 1.807) is 71.9 Å². The molecule has 0 bridgehead atoms. The van der Waals surface area contributed by atoms with Crippen molar-refractivity contribution in [1.82, 2.24) is 33.2 Å². The van der Waals surface area contributed by atoms with Gasteiger partial charge in [-0.2, -0.15) is 17.2 Å². The van der Waals surface area contributed by atoms with Crippen LogP contribution in [0.15, 0.2) is 30.3 Å². The van der Waals surface area contributed by atoms with Gasteiger partial charge in [0.2, 0.25) is 63.7 Å². The van der Waals surface area contributed by atoms with E-state index >= 15 is 0 Å². The van der Waals surface area contributed by atoms with Crippen LogP contribution >= 0.6 is 0 Å². The van der Waals surface area contributed by atoms with E-state index in [2.05, 4.69) is 16.0 Å². The van der Waals surface area contributed by atoms with Gasteiger partial charge in [-0.05, 0) is 42.6 Å². The van der Waals surface area contributed by atoms with Crippen molar-refractivity contribution in [3.63, 3.8) is 0 Å². The van der Waals surface area contributed by atoms with Crippen LogP contribution in [-0.2, 0) is 65.0 Å². The van der Waals surface area contributed by atoms with E-state index in [4.69, 9.17) is 5.73 Å². The molecule has 376 valence electrons. The van der Waals surface area contributed by atoms with Crippen molar-refractivity contribution in [3.05, 3.63) is 35.9 Å². The highest BCUT2D eigenvalue weighted by Gasteiger charge is 2.33. The van der Waals surface area contributed by atoms with E-state index in [9.17, 15) is 52.8 Å². The van der Waals surface area contributed by atoms with Crippen LogP contribution in [0.3, 0.4) is 0 Å². The molecule has 20 nitrogen and oxygen atoms in total. The molecule has 1 aromatic rings. The Hall–Kier alpha value is -3.26. The molecular formula is C41H76N8O12S4. The van der Waals surface area contributed by atoms with Gasteiger partial charge in [-0.3, -0.25) is 19.2 Å². The van der Waals surface area contributed by atoms with Crippen molar-refractivity contribution in [2.24, 2.45) is 29.4 Å². The Balaban J connectivity index is 3.30. The van der Waals surface area contributed by atoms with Gasteiger partial charge in [0.05, 0.1) is 49.7 Å². The lowest BCUT2D eigenvalue weighted by molar-refractivity contribution is -0.123. The molecule has 5 N–H and O–H groups in total. The predicted molar refractivity (Wildman–Crippen MR) is 253 cm³/mol. The summed E-state index contributed by atoms with van der Waals surface area (Å²) in [6.07, 6.45) is 1.65. The Kier molecular flexibility index (Phi) is 24.7. The van der Waals surface area contributed by atoms with Gasteiger partial charge in [0.15, 0.2) is 0 Å². The smallest absolute Gasteiger partial charge is 0.235 e. The number of carbonyl (C=O) groups excluding carboxylic acids is 4. The lowest BCUT2D eigenvalue weighted by atomic mass is 9.99. The summed E-state index contributed by atoms with van der Waals surface area (Å²) in [4.78, 5) is 52.4. The van der Waals surface area contributed by atoms with Gasteiger partial charge < -0.3 is 21.7 Å². The number of nitrogens with zero attached hydrogens (tertiary/aromatic N) is 4. The molecule has 0 spiro atoms. The zero-order valence-corrected chi connectivity index (χ0v) is 43.3. The van der Waals surface area contributed by atoms with Crippen molar-refractivity contribution in [1.29, 1.82) is 0 Å². The molecule has 0 radical (unpaired) electrons. The number of hydrogen-bond acceptors (Lipinski definition) is 12. The summed E-state index contributed by atoms with van der Waals surface area (Å²) < 4.78 is 110. The van der Waals surface area contributed by atoms with E-state index < -0.39 is 120 Å². The molecule has 0 aliphatic rings. The minimum Gasteiger partial charge on any atom is -0.369 e. The first-order valence-corrected chi connectivity index (χ1v) is 28.6. The molecule has 0 saturated carbocycles. The van der Waals surface area contributed by atoms with Crippen LogP contribution in [0.4, 0.5) is 0 Å². The van der Waals surface area contributed by atoms with Crippen LogP contribution in [0, 0.1) is 23.7 Å². The fourth-order valence-electron chi connectivity index (χ4n) is 6.92. The lowest BCUT2D eigenvalue weighted by Gasteiger charge is -2.31. The van der Waals surface area contributed by atoms with Crippen molar-refractivity contribution in [3.8, 4) is 0 Å². The van der Waals surface area contributed by atoms with E-state index in [1.165, 1.54) is 6.92 Å². The number of carbonyl (C=O) groups is 4. The summed E-state index contributed by atoms with van der Waals surface area (Å²) in [5.41, 5.74) is 5.91. The van der Waals surface area contributed by atoms with Gasteiger partial charge in [-0.1, -0.05) is 99.1 Å². The number of nitrogens with one attached hydrogen (secondary N) is 3. The SMILES string of the molecule is CCC(C)[C@@H](CN(CC(=O)N[C@@H](C)CN(CC(=O)N[C@@H](CC(C)C)CN(CC(N)=O)S(=O)(=O)Cc1ccccc1)S(=O)(=O)CC(C)C)S(C)(=O)=O)NC(=O)CN(CC)S(=O)(=O)CC(C)C. The largest absolute Gasteiger partial charge is 0.369 e. The Bertz CT molecular complexity index is 2140.